The molecule has 0 fully saturated rings. The second kappa shape index (κ2) is 9.44. The molecule has 4 rings (SSSR count). The third-order valence-corrected chi connectivity index (χ3v) is 6.82. The van der Waals surface area contributed by atoms with Crippen LogP contribution in [0.1, 0.15) is 38.3 Å². The summed E-state index contributed by atoms with van der Waals surface area (Å²) in [5, 5.41) is 5.06. The molecule has 166 valence electrons. The van der Waals surface area contributed by atoms with Gasteiger partial charge in [0.2, 0.25) is 5.91 Å². The van der Waals surface area contributed by atoms with Crippen molar-refractivity contribution < 1.29 is 19.1 Å². The Labute approximate surface area is 191 Å². The summed E-state index contributed by atoms with van der Waals surface area (Å²) in [5.41, 5.74) is 2.31. The van der Waals surface area contributed by atoms with Crippen LogP contribution in [0.5, 0.6) is 11.5 Å². The Morgan fingerprint density at radius 1 is 1.09 bits per heavy atom. The molecular weight excluding hydrogens is 424 g/mol. The zero-order valence-electron chi connectivity index (χ0n) is 18.3. The average molecular weight is 451 g/mol. The molecule has 0 saturated carbocycles. The fourth-order valence-electron chi connectivity index (χ4n) is 4.28. The highest BCUT2D eigenvalue weighted by Gasteiger charge is 2.42. The summed E-state index contributed by atoms with van der Waals surface area (Å²) in [5.74, 6) is 0.845. The largest absolute Gasteiger partial charge is 0.497 e. The van der Waals surface area contributed by atoms with Gasteiger partial charge in [0.25, 0.3) is 5.91 Å². The number of nitrogens with one attached hydrogen (secondary N) is 1. The molecule has 32 heavy (non-hydrogen) atoms. The molecule has 0 unspecified atom stereocenters. The lowest BCUT2D eigenvalue weighted by molar-refractivity contribution is -0.124. The van der Waals surface area contributed by atoms with E-state index in [9.17, 15) is 9.59 Å². The van der Waals surface area contributed by atoms with Gasteiger partial charge in [-0.25, -0.2) is 0 Å². The summed E-state index contributed by atoms with van der Waals surface area (Å²) in [6.45, 7) is 0.440. The molecule has 1 aromatic heterocycles. The number of carbonyl (C=O) groups is 2. The minimum absolute atomic E-state index is 0.0656. The molecule has 0 bridgehead atoms. The van der Waals surface area contributed by atoms with Crippen LogP contribution in [0.4, 0.5) is 0 Å². The third-order valence-electron chi connectivity index (χ3n) is 5.88. The first-order valence-corrected chi connectivity index (χ1v) is 11.3. The van der Waals surface area contributed by atoms with E-state index < -0.39 is 5.92 Å². The number of rotatable bonds is 7. The first-order chi connectivity index (χ1) is 15.5. The van der Waals surface area contributed by atoms with Gasteiger partial charge in [-0.3, -0.25) is 9.59 Å². The van der Waals surface area contributed by atoms with Crippen molar-refractivity contribution in [1.29, 1.82) is 0 Å². The van der Waals surface area contributed by atoms with Gasteiger partial charge in [-0.2, -0.15) is 0 Å². The minimum Gasteiger partial charge on any atom is -0.497 e. The lowest BCUT2D eigenvalue weighted by Gasteiger charge is -2.39. The van der Waals surface area contributed by atoms with Gasteiger partial charge in [-0.05, 0) is 53.3 Å². The molecule has 2 heterocycles. The summed E-state index contributed by atoms with van der Waals surface area (Å²) in [4.78, 5) is 29.2. The van der Waals surface area contributed by atoms with E-state index in [0.29, 0.717) is 18.5 Å². The van der Waals surface area contributed by atoms with Crippen LogP contribution in [0.15, 0.2) is 60.0 Å². The Bertz CT molecular complexity index is 1110. The maximum Gasteiger partial charge on any atom is 0.254 e. The molecule has 3 aromatic rings. The van der Waals surface area contributed by atoms with Gasteiger partial charge in [0, 0.05) is 24.0 Å². The van der Waals surface area contributed by atoms with Crippen molar-refractivity contribution >= 4 is 23.2 Å². The highest BCUT2D eigenvalue weighted by molar-refractivity contribution is 7.10. The van der Waals surface area contributed by atoms with Gasteiger partial charge in [0.05, 0.1) is 26.2 Å². The van der Waals surface area contributed by atoms with E-state index in [1.54, 1.807) is 43.6 Å². The zero-order valence-corrected chi connectivity index (χ0v) is 19.1. The van der Waals surface area contributed by atoms with E-state index in [2.05, 4.69) is 5.32 Å². The topological polar surface area (TPSA) is 67.9 Å². The van der Waals surface area contributed by atoms with Crippen LogP contribution in [0, 0.1) is 0 Å². The standard InChI is InChI=1S/C25H26N2O4S/c1-27-23(21-9-6-14-32-21)22(18-7-4-5-8-19(18)25(27)29)24(28)26-13-12-16-15-17(30-2)10-11-20(16)31-3/h4-11,14-15,22-23H,12-13H2,1-3H3,(H,26,28)/t22-,23-/m1/s1. The third kappa shape index (κ3) is 4.08. The van der Waals surface area contributed by atoms with Crippen LogP contribution < -0.4 is 14.8 Å². The number of amides is 2. The summed E-state index contributed by atoms with van der Waals surface area (Å²) in [6, 6.07) is 16.6. The van der Waals surface area contributed by atoms with Gasteiger partial charge in [0.15, 0.2) is 0 Å². The molecule has 1 aliphatic rings. The van der Waals surface area contributed by atoms with Crippen molar-refractivity contribution in [2.75, 3.05) is 27.8 Å². The fraction of sp³-hybridized carbons (Fsp3) is 0.280. The predicted molar refractivity (Wildman–Crippen MR) is 125 cm³/mol. The van der Waals surface area contributed by atoms with Crippen LogP contribution in [0.25, 0.3) is 0 Å². The van der Waals surface area contributed by atoms with Crippen molar-refractivity contribution in [3.63, 3.8) is 0 Å². The lowest BCUT2D eigenvalue weighted by Crippen LogP contribution is -2.45. The summed E-state index contributed by atoms with van der Waals surface area (Å²) in [7, 11) is 5.02. The second-order valence-corrected chi connectivity index (χ2v) is 8.64. The SMILES string of the molecule is COc1ccc(OC)c(CCNC(=O)[C@@H]2c3ccccc3C(=O)N(C)[C@@H]2c2cccs2)c1. The lowest BCUT2D eigenvalue weighted by atomic mass is 9.81. The highest BCUT2D eigenvalue weighted by atomic mass is 32.1. The number of thiophene rings is 1. The fourth-order valence-corrected chi connectivity index (χ4v) is 5.18. The predicted octanol–water partition coefficient (Wildman–Crippen LogP) is 4.03. The van der Waals surface area contributed by atoms with Crippen molar-refractivity contribution in [3.05, 3.63) is 81.5 Å². The summed E-state index contributed by atoms with van der Waals surface area (Å²) >= 11 is 1.56. The maximum atomic E-state index is 13.5. The van der Waals surface area contributed by atoms with Gasteiger partial charge in [-0.1, -0.05) is 24.3 Å². The number of methoxy groups -OCH3 is 2. The number of nitrogens with zero attached hydrogens (tertiary/aromatic N) is 1. The summed E-state index contributed by atoms with van der Waals surface area (Å²) in [6.07, 6.45) is 0.596. The van der Waals surface area contributed by atoms with Crippen LogP contribution in [-0.4, -0.2) is 44.5 Å². The van der Waals surface area contributed by atoms with Crippen molar-refractivity contribution in [2.24, 2.45) is 0 Å². The molecule has 2 atom stereocenters. The Hall–Kier alpha value is -3.32. The summed E-state index contributed by atoms with van der Waals surface area (Å²) < 4.78 is 10.8. The smallest absolute Gasteiger partial charge is 0.254 e. The van der Waals surface area contributed by atoms with E-state index in [0.717, 1.165) is 27.5 Å². The Morgan fingerprint density at radius 2 is 1.91 bits per heavy atom. The molecule has 2 aromatic carbocycles. The molecule has 7 heteroatoms. The first kappa shape index (κ1) is 21.9. The molecule has 0 spiro atoms. The molecule has 0 radical (unpaired) electrons. The quantitative estimate of drug-likeness (QED) is 0.590. The van der Waals surface area contributed by atoms with Crippen LogP contribution in [0.2, 0.25) is 0 Å². The van der Waals surface area contributed by atoms with E-state index >= 15 is 0 Å². The Balaban J connectivity index is 1.58. The van der Waals surface area contributed by atoms with Gasteiger partial charge in [0.1, 0.15) is 11.5 Å². The molecule has 0 aliphatic carbocycles. The number of hydrogen-bond acceptors (Lipinski definition) is 5. The number of hydrogen-bond donors (Lipinski definition) is 1. The van der Waals surface area contributed by atoms with E-state index in [1.165, 1.54) is 0 Å². The van der Waals surface area contributed by atoms with Crippen molar-refractivity contribution in [1.82, 2.24) is 10.2 Å². The van der Waals surface area contributed by atoms with Gasteiger partial charge >= 0.3 is 0 Å². The van der Waals surface area contributed by atoms with Gasteiger partial charge < -0.3 is 19.7 Å². The molecule has 0 saturated heterocycles. The van der Waals surface area contributed by atoms with Gasteiger partial charge in [-0.15, -0.1) is 11.3 Å². The van der Waals surface area contributed by atoms with E-state index in [4.69, 9.17) is 9.47 Å². The number of likely N-dealkylation sites (N-methyl/N-ethyl adjacent to an activating group) is 1. The number of fused-ring (bicyclic) bond motifs is 1. The maximum absolute atomic E-state index is 13.5. The molecular formula is C25H26N2O4S. The van der Waals surface area contributed by atoms with Crippen LogP contribution >= 0.6 is 11.3 Å². The minimum atomic E-state index is -0.486. The Morgan fingerprint density at radius 3 is 2.62 bits per heavy atom. The second-order valence-electron chi connectivity index (χ2n) is 7.66. The number of ether oxygens (including phenoxy) is 2. The molecule has 1 N–H and O–H groups in total. The first-order valence-electron chi connectivity index (χ1n) is 10.4. The van der Waals surface area contributed by atoms with Crippen molar-refractivity contribution in [3.8, 4) is 11.5 Å². The zero-order chi connectivity index (χ0) is 22.7. The van der Waals surface area contributed by atoms with E-state index in [1.807, 2.05) is 53.9 Å². The number of benzene rings is 2. The normalized spacial score (nSPS) is 17.6. The molecule has 6 nitrogen and oxygen atoms in total. The molecule has 2 amide bonds. The number of carbonyl (C=O) groups excluding carboxylic acids is 2. The van der Waals surface area contributed by atoms with Crippen LogP contribution in [-0.2, 0) is 11.2 Å². The van der Waals surface area contributed by atoms with Crippen LogP contribution in [0.3, 0.4) is 0 Å². The highest BCUT2D eigenvalue weighted by Crippen LogP contribution is 2.43. The van der Waals surface area contributed by atoms with Crippen molar-refractivity contribution in [2.45, 2.75) is 18.4 Å². The monoisotopic (exact) mass is 450 g/mol. The Kier molecular flexibility index (Phi) is 6.46. The van der Waals surface area contributed by atoms with E-state index in [-0.39, 0.29) is 17.9 Å². The average Bonchev–Trinajstić information content (AvgIpc) is 3.35. The molecule has 1 aliphatic heterocycles.